The second-order valence-corrected chi connectivity index (χ2v) is 6.12. The molecule has 1 rings (SSSR count). The zero-order valence-electron chi connectivity index (χ0n) is 14.1. The summed E-state index contributed by atoms with van der Waals surface area (Å²) >= 11 is 0. The van der Waals surface area contributed by atoms with Crippen LogP contribution in [0.2, 0.25) is 0 Å². The molecule has 21 heavy (non-hydrogen) atoms. The van der Waals surface area contributed by atoms with Crippen LogP contribution in [0.3, 0.4) is 0 Å². The number of amides is 1. The highest BCUT2D eigenvalue weighted by atomic mass is 16.1. The normalized spacial score (nSPS) is 14.0. The Hall–Kier alpha value is -1.35. The summed E-state index contributed by atoms with van der Waals surface area (Å²) in [4.78, 5) is 11.7. The van der Waals surface area contributed by atoms with Crippen LogP contribution in [-0.2, 0) is 4.79 Å². The van der Waals surface area contributed by atoms with E-state index in [0.29, 0.717) is 18.9 Å². The number of nitrogens with one attached hydrogen (secondary N) is 2. The predicted molar refractivity (Wildman–Crippen MR) is 89.5 cm³/mol. The van der Waals surface area contributed by atoms with Crippen LogP contribution in [0.5, 0.6) is 0 Å². The molecule has 3 nitrogen and oxygen atoms in total. The van der Waals surface area contributed by atoms with Crippen molar-refractivity contribution in [1.82, 2.24) is 10.6 Å². The zero-order valence-corrected chi connectivity index (χ0v) is 14.1. The van der Waals surface area contributed by atoms with Crippen molar-refractivity contribution < 1.29 is 4.79 Å². The molecular weight excluding hydrogens is 260 g/mol. The number of hydrogen-bond acceptors (Lipinski definition) is 2. The average Bonchev–Trinajstić information content (AvgIpc) is 2.46. The molecule has 1 amide bonds. The summed E-state index contributed by atoms with van der Waals surface area (Å²) in [5.74, 6) is 0.686. The summed E-state index contributed by atoms with van der Waals surface area (Å²) in [6.45, 7) is 11.3. The minimum Gasteiger partial charge on any atom is -0.354 e. The highest BCUT2D eigenvalue weighted by Gasteiger charge is 2.08. The quantitative estimate of drug-likeness (QED) is 0.765. The number of benzene rings is 1. The van der Waals surface area contributed by atoms with Crippen molar-refractivity contribution in [2.75, 3.05) is 6.54 Å². The third-order valence-corrected chi connectivity index (χ3v) is 3.93. The molecule has 2 atom stereocenters. The first-order valence-corrected chi connectivity index (χ1v) is 8.06. The largest absolute Gasteiger partial charge is 0.354 e. The Bertz CT molecular complexity index is 425. The topological polar surface area (TPSA) is 41.1 Å². The maximum Gasteiger partial charge on any atom is 0.221 e. The summed E-state index contributed by atoms with van der Waals surface area (Å²) in [5.41, 5.74) is 2.63. The molecule has 0 radical (unpaired) electrons. The molecule has 0 saturated carbocycles. The molecule has 2 N–H and O–H groups in total. The van der Waals surface area contributed by atoms with E-state index in [-0.39, 0.29) is 18.0 Å². The van der Waals surface area contributed by atoms with Gasteiger partial charge in [0, 0.05) is 25.0 Å². The van der Waals surface area contributed by atoms with Crippen LogP contribution in [0.15, 0.2) is 24.3 Å². The Morgan fingerprint density at radius 3 is 2.14 bits per heavy atom. The van der Waals surface area contributed by atoms with Gasteiger partial charge in [0.05, 0.1) is 0 Å². The van der Waals surface area contributed by atoms with Crippen LogP contribution in [0, 0.1) is 0 Å². The van der Waals surface area contributed by atoms with Gasteiger partial charge >= 0.3 is 0 Å². The van der Waals surface area contributed by atoms with Crippen LogP contribution in [0.25, 0.3) is 0 Å². The van der Waals surface area contributed by atoms with E-state index >= 15 is 0 Å². The van der Waals surface area contributed by atoms with Crippen LogP contribution < -0.4 is 10.6 Å². The van der Waals surface area contributed by atoms with Crippen LogP contribution in [0.4, 0.5) is 0 Å². The van der Waals surface area contributed by atoms with E-state index in [9.17, 15) is 4.79 Å². The molecule has 118 valence electrons. The Kier molecular flexibility index (Phi) is 7.44. The molecule has 0 aliphatic heterocycles. The molecule has 2 unspecified atom stereocenters. The Morgan fingerprint density at radius 2 is 1.62 bits per heavy atom. The van der Waals surface area contributed by atoms with E-state index in [1.807, 2.05) is 6.92 Å². The fourth-order valence-electron chi connectivity index (χ4n) is 2.14. The lowest BCUT2D eigenvalue weighted by molar-refractivity contribution is -0.121. The standard InChI is InChI=1S/C18H30N2O/c1-6-14(4)20-18(21)11-12-19-15(5)17-9-7-16(8-10-17)13(2)3/h7-10,13-15,19H,6,11-12H2,1-5H3,(H,20,21). The number of carbonyl (C=O) groups is 1. The van der Waals surface area contributed by atoms with Gasteiger partial charge in [0.25, 0.3) is 0 Å². The summed E-state index contributed by atoms with van der Waals surface area (Å²) in [7, 11) is 0. The van der Waals surface area contributed by atoms with Crippen molar-refractivity contribution in [1.29, 1.82) is 0 Å². The number of rotatable bonds is 8. The van der Waals surface area contributed by atoms with Crippen molar-refractivity contribution in [2.45, 2.75) is 65.5 Å². The number of carbonyl (C=O) groups excluding carboxylic acids is 1. The first-order valence-electron chi connectivity index (χ1n) is 8.06. The van der Waals surface area contributed by atoms with Gasteiger partial charge in [-0.1, -0.05) is 45.0 Å². The van der Waals surface area contributed by atoms with Gasteiger partial charge in [-0.05, 0) is 37.3 Å². The van der Waals surface area contributed by atoms with E-state index in [4.69, 9.17) is 0 Å². The van der Waals surface area contributed by atoms with Crippen LogP contribution in [-0.4, -0.2) is 18.5 Å². The van der Waals surface area contributed by atoms with Gasteiger partial charge in [0.1, 0.15) is 0 Å². The maximum absolute atomic E-state index is 11.7. The predicted octanol–water partition coefficient (Wildman–Crippen LogP) is 3.77. The van der Waals surface area contributed by atoms with Gasteiger partial charge in [-0.2, -0.15) is 0 Å². The van der Waals surface area contributed by atoms with Crippen molar-refractivity contribution in [3.8, 4) is 0 Å². The molecular formula is C18H30N2O. The van der Waals surface area contributed by atoms with E-state index in [2.05, 4.69) is 62.6 Å². The zero-order chi connectivity index (χ0) is 15.8. The molecule has 0 aromatic heterocycles. The van der Waals surface area contributed by atoms with E-state index in [1.165, 1.54) is 11.1 Å². The lowest BCUT2D eigenvalue weighted by Crippen LogP contribution is -2.34. The molecule has 1 aromatic carbocycles. The monoisotopic (exact) mass is 290 g/mol. The second-order valence-electron chi connectivity index (χ2n) is 6.12. The fraction of sp³-hybridized carbons (Fsp3) is 0.611. The van der Waals surface area contributed by atoms with Crippen molar-refractivity contribution >= 4 is 5.91 Å². The summed E-state index contributed by atoms with van der Waals surface area (Å²) in [5, 5.41) is 6.39. The molecule has 0 heterocycles. The second kappa shape index (κ2) is 8.83. The van der Waals surface area contributed by atoms with Crippen molar-refractivity contribution in [3.63, 3.8) is 0 Å². The minimum absolute atomic E-state index is 0.124. The molecule has 0 fully saturated rings. The highest BCUT2D eigenvalue weighted by Crippen LogP contribution is 2.18. The summed E-state index contributed by atoms with van der Waals surface area (Å²) in [6, 6.07) is 9.25. The minimum atomic E-state index is 0.124. The maximum atomic E-state index is 11.7. The number of hydrogen-bond donors (Lipinski definition) is 2. The van der Waals surface area contributed by atoms with Crippen LogP contribution in [0.1, 0.15) is 70.5 Å². The SMILES string of the molecule is CCC(C)NC(=O)CCNC(C)c1ccc(C(C)C)cc1. The van der Waals surface area contributed by atoms with Crippen molar-refractivity contribution in [3.05, 3.63) is 35.4 Å². The van der Waals surface area contributed by atoms with E-state index < -0.39 is 0 Å². The fourth-order valence-corrected chi connectivity index (χ4v) is 2.14. The third-order valence-electron chi connectivity index (χ3n) is 3.93. The van der Waals surface area contributed by atoms with Gasteiger partial charge in [0.2, 0.25) is 5.91 Å². The molecule has 3 heteroatoms. The highest BCUT2D eigenvalue weighted by molar-refractivity contribution is 5.76. The first kappa shape index (κ1) is 17.7. The average molecular weight is 290 g/mol. The Morgan fingerprint density at radius 1 is 1.05 bits per heavy atom. The lowest BCUT2D eigenvalue weighted by atomic mass is 9.99. The van der Waals surface area contributed by atoms with E-state index in [0.717, 1.165) is 6.42 Å². The van der Waals surface area contributed by atoms with Crippen LogP contribution >= 0.6 is 0 Å². The molecule has 1 aromatic rings. The van der Waals surface area contributed by atoms with Gasteiger partial charge in [0.15, 0.2) is 0 Å². The van der Waals surface area contributed by atoms with Gasteiger partial charge < -0.3 is 10.6 Å². The molecule has 0 saturated heterocycles. The molecule has 0 bridgehead atoms. The van der Waals surface area contributed by atoms with Gasteiger partial charge in [-0.15, -0.1) is 0 Å². The van der Waals surface area contributed by atoms with Crippen molar-refractivity contribution in [2.24, 2.45) is 0 Å². The lowest BCUT2D eigenvalue weighted by Gasteiger charge is -2.16. The summed E-state index contributed by atoms with van der Waals surface area (Å²) < 4.78 is 0. The first-order chi connectivity index (χ1) is 9.93. The third kappa shape index (κ3) is 6.30. The van der Waals surface area contributed by atoms with Gasteiger partial charge in [-0.25, -0.2) is 0 Å². The Labute approximate surface area is 129 Å². The molecule has 0 spiro atoms. The van der Waals surface area contributed by atoms with E-state index in [1.54, 1.807) is 0 Å². The van der Waals surface area contributed by atoms with Gasteiger partial charge in [-0.3, -0.25) is 4.79 Å². The summed E-state index contributed by atoms with van der Waals surface area (Å²) in [6.07, 6.45) is 1.50. The Balaban J connectivity index is 2.36. The smallest absolute Gasteiger partial charge is 0.221 e. The molecule has 0 aliphatic carbocycles. The molecule has 0 aliphatic rings.